The van der Waals surface area contributed by atoms with Gasteiger partial charge in [0.2, 0.25) is 0 Å². The minimum absolute atomic E-state index is 0.728. The van der Waals surface area contributed by atoms with Gasteiger partial charge in [-0.15, -0.1) is 11.3 Å². The minimum atomic E-state index is -0.927. The van der Waals surface area contributed by atoms with Crippen molar-refractivity contribution in [3.8, 4) is 0 Å². The van der Waals surface area contributed by atoms with Crippen LogP contribution in [0.2, 0.25) is 0 Å². The summed E-state index contributed by atoms with van der Waals surface area (Å²) in [7, 11) is 0. The summed E-state index contributed by atoms with van der Waals surface area (Å²) in [6, 6.07) is 3.94. The average molecular weight is 276 g/mol. The van der Waals surface area contributed by atoms with Crippen LogP contribution in [0, 0.1) is 20.8 Å². The predicted octanol–water partition coefficient (Wildman–Crippen LogP) is 3.02. The zero-order valence-electron chi connectivity index (χ0n) is 11.2. The zero-order valence-corrected chi connectivity index (χ0v) is 12.0. The number of aryl methyl sites for hydroxylation is 1. The predicted molar refractivity (Wildman–Crippen MR) is 76.5 cm³/mol. The van der Waals surface area contributed by atoms with Crippen LogP contribution in [0.15, 0.2) is 18.2 Å². The van der Waals surface area contributed by atoms with Crippen LogP contribution in [0.1, 0.15) is 26.7 Å². The SMILES string of the molecule is Cc1nn(Cc2ccc(C=CC(=O)O)s2)c(C)c1C. The highest BCUT2D eigenvalue weighted by molar-refractivity contribution is 7.12. The number of hydrogen-bond acceptors (Lipinski definition) is 3. The molecule has 2 aromatic rings. The van der Waals surface area contributed by atoms with Crippen molar-refractivity contribution in [3.05, 3.63) is 44.9 Å². The highest BCUT2D eigenvalue weighted by Gasteiger charge is 2.08. The second kappa shape index (κ2) is 5.40. The molecular formula is C14H16N2O2S. The maximum absolute atomic E-state index is 10.5. The van der Waals surface area contributed by atoms with E-state index in [1.807, 2.05) is 23.7 Å². The molecule has 2 rings (SSSR count). The molecule has 0 aliphatic rings. The molecule has 0 spiro atoms. The van der Waals surface area contributed by atoms with Crippen LogP contribution in [-0.4, -0.2) is 20.9 Å². The molecule has 2 heterocycles. The lowest BCUT2D eigenvalue weighted by molar-refractivity contribution is -0.131. The number of nitrogens with zero attached hydrogens (tertiary/aromatic N) is 2. The third kappa shape index (κ3) is 3.12. The number of aliphatic carboxylic acids is 1. The lowest BCUT2D eigenvalue weighted by atomic mass is 10.2. The molecule has 0 unspecified atom stereocenters. The fraction of sp³-hybridized carbons (Fsp3) is 0.286. The standard InChI is InChI=1S/C14H16N2O2S/c1-9-10(2)15-16(11(9)3)8-13-5-4-12(19-13)6-7-14(17)18/h4-7H,8H2,1-3H3,(H,17,18). The average Bonchev–Trinajstić information content (AvgIpc) is 2.89. The van der Waals surface area contributed by atoms with Crippen molar-refractivity contribution >= 4 is 23.4 Å². The summed E-state index contributed by atoms with van der Waals surface area (Å²) < 4.78 is 1.99. The number of carboxylic acid groups (broad SMARTS) is 1. The molecule has 0 atom stereocenters. The van der Waals surface area contributed by atoms with Gasteiger partial charge in [0, 0.05) is 21.5 Å². The van der Waals surface area contributed by atoms with Crippen molar-refractivity contribution < 1.29 is 9.90 Å². The Kier molecular flexibility index (Phi) is 3.85. The fourth-order valence-corrected chi connectivity index (χ4v) is 2.71. The molecule has 0 bridgehead atoms. The van der Waals surface area contributed by atoms with E-state index in [9.17, 15) is 4.79 Å². The maximum atomic E-state index is 10.5. The zero-order chi connectivity index (χ0) is 14.0. The molecule has 100 valence electrons. The van der Waals surface area contributed by atoms with E-state index in [2.05, 4.69) is 18.9 Å². The van der Waals surface area contributed by atoms with Gasteiger partial charge in [0.25, 0.3) is 0 Å². The van der Waals surface area contributed by atoms with E-state index < -0.39 is 5.97 Å². The first kappa shape index (κ1) is 13.5. The summed E-state index contributed by atoms with van der Waals surface area (Å²) in [5.74, 6) is -0.927. The van der Waals surface area contributed by atoms with Gasteiger partial charge < -0.3 is 5.11 Å². The first-order valence-corrected chi connectivity index (χ1v) is 6.79. The van der Waals surface area contributed by atoms with Gasteiger partial charge in [0.15, 0.2) is 0 Å². The van der Waals surface area contributed by atoms with Gasteiger partial charge in [-0.05, 0) is 44.5 Å². The monoisotopic (exact) mass is 276 g/mol. The Balaban J connectivity index is 2.16. The molecule has 0 aliphatic carbocycles. The van der Waals surface area contributed by atoms with Crippen LogP contribution in [0.25, 0.3) is 6.08 Å². The Morgan fingerprint density at radius 2 is 2.16 bits per heavy atom. The van der Waals surface area contributed by atoms with Crippen molar-refractivity contribution in [2.24, 2.45) is 0 Å². The van der Waals surface area contributed by atoms with Gasteiger partial charge in [0.1, 0.15) is 0 Å². The normalized spacial score (nSPS) is 11.3. The molecule has 0 saturated heterocycles. The molecule has 0 amide bonds. The molecule has 0 radical (unpaired) electrons. The topological polar surface area (TPSA) is 55.1 Å². The van der Waals surface area contributed by atoms with Gasteiger partial charge in [-0.25, -0.2) is 4.79 Å². The van der Waals surface area contributed by atoms with Crippen LogP contribution in [0.5, 0.6) is 0 Å². The van der Waals surface area contributed by atoms with Crippen LogP contribution in [-0.2, 0) is 11.3 Å². The molecule has 1 N–H and O–H groups in total. The number of carbonyl (C=O) groups is 1. The Bertz CT molecular complexity index is 638. The molecule has 4 nitrogen and oxygen atoms in total. The summed E-state index contributed by atoms with van der Waals surface area (Å²) in [5.41, 5.74) is 3.45. The van der Waals surface area contributed by atoms with Crippen molar-refractivity contribution in [1.29, 1.82) is 0 Å². The Labute approximate surface area is 116 Å². The number of thiophene rings is 1. The van der Waals surface area contributed by atoms with Crippen LogP contribution < -0.4 is 0 Å². The largest absolute Gasteiger partial charge is 0.478 e. The van der Waals surface area contributed by atoms with E-state index in [-0.39, 0.29) is 0 Å². The Morgan fingerprint density at radius 3 is 2.74 bits per heavy atom. The van der Waals surface area contributed by atoms with Gasteiger partial charge in [0.05, 0.1) is 12.2 Å². The van der Waals surface area contributed by atoms with Crippen LogP contribution in [0.3, 0.4) is 0 Å². The Morgan fingerprint density at radius 1 is 1.42 bits per heavy atom. The fourth-order valence-electron chi connectivity index (χ4n) is 1.81. The summed E-state index contributed by atoms with van der Waals surface area (Å²) >= 11 is 1.58. The van der Waals surface area contributed by atoms with E-state index in [1.54, 1.807) is 17.4 Å². The second-order valence-electron chi connectivity index (χ2n) is 4.43. The summed E-state index contributed by atoms with van der Waals surface area (Å²) in [4.78, 5) is 12.6. The number of carboxylic acids is 1. The van der Waals surface area contributed by atoms with Crippen LogP contribution >= 0.6 is 11.3 Å². The van der Waals surface area contributed by atoms with E-state index in [4.69, 9.17) is 5.11 Å². The van der Waals surface area contributed by atoms with E-state index in [0.29, 0.717) is 0 Å². The maximum Gasteiger partial charge on any atom is 0.328 e. The van der Waals surface area contributed by atoms with E-state index in [1.165, 1.54) is 11.3 Å². The number of aromatic nitrogens is 2. The van der Waals surface area contributed by atoms with Gasteiger partial charge in [-0.2, -0.15) is 5.10 Å². The lowest BCUT2D eigenvalue weighted by Gasteiger charge is -2.01. The molecule has 0 saturated carbocycles. The summed E-state index contributed by atoms with van der Waals surface area (Å²) in [5, 5.41) is 13.1. The third-order valence-electron chi connectivity index (χ3n) is 3.12. The molecule has 5 heteroatoms. The van der Waals surface area contributed by atoms with Crippen molar-refractivity contribution in [2.75, 3.05) is 0 Å². The quantitative estimate of drug-likeness (QED) is 0.873. The van der Waals surface area contributed by atoms with Crippen molar-refractivity contribution in [1.82, 2.24) is 9.78 Å². The lowest BCUT2D eigenvalue weighted by Crippen LogP contribution is -2.02. The highest BCUT2D eigenvalue weighted by atomic mass is 32.1. The Hall–Kier alpha value is -1.88. The van der Waals surface area contributed by atoms with Gasteiger partial charge in [-0.3, -0.25) is 4.68 Å². The van der Waals surface area contributed by atoms with Crippen molar-refractivity contribution in [2.45, 2.75) is 27.3 Å². The minimum Gasteiger partial charge on any atom is -0.478 e. The molecule has 0 aromatic carbocycles. The first-order chi connectivity index (χ1) is 8.97. The molecular weight excluding hydrogens is 260 g/mol. The summed E-state index contributed by atoms with van der Waals surface area (Å²) in [6.45, 7) is 6.87. The molecule has 19 heavy (non-hydrogen) atoms. The number of rotatable bonds is 4. The van der Waals surface area contributed by atoms with Gasteiger partial charge >= 0.3 is 5.97 Å². The van der Waals surface area contributed by atoms with E-state index in [0.717, 1.165) is 28.1 Å². The summed E-state index contributed by atoms with van der Waals surface area (Å²) in [6.07, 6.45) is 2.77. The second-order valence-corrected chi connectivity index (χ2v) is 5.63. The third-order valence-corrected chi connectivity index (χ3v) is 4.16. The first-order valence-electron chi connectivity index (χ1n) is 5.97. The number of hydrogen-bond donors (Lipinski definition) is 1. The smallest absolute Gasteiger partial charge is 0.328 e. The highest BCUT2D eigenvalue weighted by Crippen LogP contribution is 2.20. The molecule has 2 aromatic heterocycles. The molecule has 0 fully saturated rings. The molecule has 0 aliphatic heterocycles. The van der Waals surface area contributed by atoms with Crippen LogP contribution in [0.4, 0.5) is 0 Å². The van der Waals surface area contributed by atoms with Crippen molar-refractivity contribution in [3.63, 3.8) is 0 Å². The van der Waals surface area contributed by atoms with E-state index >= 15 is 0 Å². The van der Waals surface area contributed by atoms with Gasteiger partial charge in [-0.1, -0.05) is 0 Å².